The van der Waals surface area contributed by atoms with Crippen molar-refractivity contribution in [3.63, 3.8) is 0 Å². The van der Waals surface area contributed by atoms with Crippen molar-refractivity contribution >= 4 is 21.5 Å². The Bertz CT molecular complexity index is 861. The van der Waals surface area contributed by atoms with Gasteiger partial charge in [-0.25, -0.2) is 4.68 Å². The third-order valence-electron chi connectivity index (χ3n) is 3.47. The average Bonchev–Trinajstić information content (AvgIpc) is 2.98. The number of hydrogen-bond acceptors (Lipinski definition) is 1. The molecule has 0 radical (unpaired) electrons. The summed E-state index contributed by atoms with van der Waals surface area (Å²) in [6, 6.07) is 21.2. The number of fused-ring (bicyclic) bond motifs is 2. The summed E-state index contributed by atoms with van der Waals surface area (Å²) in [5.41, 5.74) is 1.12. The Hall–Kier alpha value is -2.61. The molecule has 2 nitrogen and oxygen atoms in total. The molecule has 90 valence electrons. The van der Waals surface area contributed by atoms with Crippen molar-refractivity contribution in [2.75, 3.05) is 0 Å². The van der Waals surface area contributed by atoms with Gasteiger partial charge in [-0.2, -0.15) is 5.10 Å². The van der Waals surface area contributed by atoms with Gasteiger partial charge in [0.2, 0.25) is 0 Å². The zero-order valence-corrected chi connectivity index (χ0v) is 10.3. The molecule has 0 amide bonds. The van der Waals surface area contributed by atoms with Gasteiger partial charge in [0.05, 0.1) is 5.69 Å². The van der Waals surface area contributed by atoms with Gasteiger partial charge in [-0.15, -0.1) is 0 Å². The SMILES string of the molecule is c1ccc2cc3c(-n4cccn4)cccc3cc2c1. The van der Waals surface area contributed by atoms with Crippen LogP contribution in [-0.4, -0.2) is 9.78 Å². The molecular formula is C17H12N2. The van der Waals surface area contributed by atoms with Gasteiger partial charge in [0.1, 0.15) is 0 Å². The summed E-state index contributed by atoms with van der Waals surface area (Å²) in [7, 11) is 0. The van der Waals surface area contributed by atoms with Gasteiger partial charge < -0.3 is 0 Å². The lowest BCUT2D eigenvalue weighted by Gasteiger charge is -2.08. The maximum Gasteiger partial charge on any atom is 0.0724 e. The summed E-state index contributed by atoms with van der Waals surface area (Å²) in [6.07, 6.45) is 3.78. The summed E-state index contributed by atoms with van der Waals surface area (Å²) in [5, 5.41) is 9.33. The fourth-order valence-electron chi connectivity index (χ4n) is 2.56. The van der Waals surface area contributed by atoms with Gasteiger partial charge in [0.25, 0.3) is 0 Å². The molecule has 3 aromatic carbocycles. The van der Waals surface area contributed by atoms with Crippen LogP contribution in [0, 0.1) is 0 Å². The second-order valence-electron chi connectivity index (χ2n) is 4.65. The lowest BCUT2D eigenvalue weighted by Crippen LogP contribution is -1.95. The zero-order valence-electron chi connectivity index (χ0n) is 10.3. The molecule has 2 heteroatoms. The van der Waals surface area contributed by atoms with Crippen molar-refractivity contribution in [2.45, 2.75) is 0 Å². The Balaban J connectivity index is 2.12. The van der Waals surface area contributed by atoms with Crippen LogP contribution in [0.1, 0.15) is 0 Å². The molecule has 0 aliphatic rings. The molecule has 0 saturated carbocycles. The highest BCUT2D eigenvalue weighted by Gasteiger charge is 2.04. The molecule has 0 bridgehead atoms. The molecular weight excluding hydrogens is 232 g/mol. The van der Waals surface area contributed by atoms with Crippen molar-refractivity contribution in [2.24, 2.45) is 0 Å². The summed E-state index contributed by atoms with van der Waals surface area (Å²) in [6.45, 7) is 0. The lowest BCUT2D eigenvalue weighted by atomic mass is 10.0. The van der Waals surface area contributed by atoms with Crippen molar-refractivity contribution in [3.05, 3.63) is 73.1 Å². The van der Waals surface area contributed by atoms with Crippen molar-refractivity contribution in [1.29, 1.82) is 0 Å². The Kier molecular flexibility index (Phi) is 2.15. The maximum atomic E-state index is 4.33. The Morgan fingerprint density at radius 3 is 2.32 bits per heavy atom. The van der Waals surface area contributed by atoms with E-state index in [0.717, 1.165) is 5.69 Å². The number of aromatic nitrogens is 2. The van der Waals surface area contributed by atoms with Crippen LogP contribution in [0.3, 0.4) is 0 Å². The molecule has 0 N–H and O–H groups in total. The minimum Gasteiger partial charge on any atom is -0.240 e. The molecule has 0 unspecified atom stereocenters. The zero-order chi connectivity index (χ0) is 12.7. The van der Waals surface area contributed by atoms with E-state index in [1.807, 2.05) is 16.9 Å². The monoisotopic (exact) mass is 244 g/mol. The summed E-state index contributed by atoms with van der Waals surface area (Å²) < 4.78 is 1.91. The molecule has 19 heavy (non-hydrogen) atoms. The first-order valence-corrected chi connectivity index (χ1v) is 6.33. The van der Waals surface area contributed by atoms with E-state index in [0.29, 0.717) is 0 Å². The van der Waals surface area contributed by atoms with Crippen LogP contribution in [0.2, 0.25) is 0 Å². The molecule has 4 rings (SSSR count). The van der Waals surface area contributed by atoms with Crippen LogP contribution < -0.4 is 0 Å². The van der Waals surface area contributed by atoms with Crippen LogP contribution in [-0.2, 0) is 0 Å². The van der Waals surface area contributed by atoms with Crippen molar-refractivity contribution < 1.29 is 0 Å². The predicted octanol–water partition coefficient (Wildman–Crippen LogP) is 4.18. The Morgan fingerprint density at radius 1 is 0.737 bits per heavy atom. The number of benzene rings is 3. The largest absolute Gasteiger partial charge is 0.240 e. The van der Waals surface area contributed by atoms with Crippen LogP contribution in [0.5, 0.6) is 0 Å². The van der Waals surface area contributed by atoms with E-state index in [1.165, 1.54) is 21.5 Å². The number of nitrogens with zero attached hydrogens (tertiary/aromatic N) is 2. The number of rotatable bonds is 1. The molecule has 1 aromatic heterocycles. The molecule has 0 atom stereocenters. The van der Waals surface area contributed by atoms with Gasteiger partial charge in [-0.05, 0) is 40.4 Å². The minimum absolute atomic E-state index is 1.12. The second-order valence-corrected chi connectivity index (χ2v) is 4.65. The highest BCUT2D eigenvalue weighted by Crippen LogP contribution is 2.27. The van der Waals surface area contributed by atoms with E-state index in [-0.39, 0.29) is 0 Å². The smallest absolute Gasteiger partial charge is 0.0724 e. The molecule has 0 aliphatic heterocycles. The fourth-order valence-corrected chi connectivity index (χ4v) is 2.56. The first-order valence-electron chi connectivity index (χ1n) is 6.33. The Labute approximate surface area is 110 Å². The molecule has 4 aromatic rings. The van der Waals surface area contributed by atoms with E-state index in [9.17, 15) is 0 Å². The van der Waals surface area contributed by atoms with Crippen LogP contribution in [0.4, 0.5) is 0 Å². The molecule has 0 aliphatic carbocycles. The minimum atomic E-state index is 1.12. The van der Waals surface area contributed by atoms with Crippen LogP contribution in [0.25, 0.3) is 27.2 Å². The van der Waals surface area contributed by atoms with E-state index in [4.69, 9.17) is 0 Å². The summed E-state index contributed by atoms with van der Waals surface area (Å²) in [4.78, 5) is 0. The molecule has 1 heterocycles. The van der Waals surface area contributed by atoms with Crippen molar-refractivity contribution in [3.8, 4) is 5.69 Å². The summed E-state index contributed by atoms with van der Waals surface area (Å²) >= 11 is 0. The third-order valence-corrected chi connectivity index (χ3v) is 3.47. The van der Waals surface area contributed by atoms with Gasteiger partial charge in [-0.3, -0.25) is 0 Å². The fraction of sp³-hybridized carbons (Fsp3) is 0. The Morgan fingerprint density at radius 2 is 1.53 bits per heavy atom. The van der Waals surface area contributed by atoms with Gasteiger partial charge in [0, 0.05) is 17.8 Å². The molecule has 0 saturated heterocycles. The van der Waals surface area contributed by atoms with E-state index < -0.39 is 0 Å². The van der Waals surface area contributed by atoms with Crippen molar-refractivity contribution in [1.82, 2.24) is 9.78 Å². The van der Waals surface area contributed by atoms with Gasteiger partial charge in [0.15, 0.2) is 0 Å². The number of hydrogen-bond donors (Lipinski definition) is 0. The molecule has 0 spiro atoms. The first-order chi connectivity index (χ1) is 9.42. The van der Waals surface area contributed by atoms with E-state index in [1.54, 1.807) is 6.20 Å². The third kappa shape index (κ3) is 1.61. The topological polar surface area (TPSA) is 17.8 Å². The van der Waals surface area contributed by atoms with E-state index >= 15 is 0 Å². The highest BCUT2D eigenvalue weighted by molar-refractivity contribution is 6.01. The lowest BCUT2D eigenvalue weighted by molar-refractivity contribution is 0.888. The molecule has 0 fully saturated rings. The van der Waals surface area contributed by atoms with E-state index in [2.05, 4.69) is 59.7 Å². The maximum absolute atomic E-state index is 4.33. The van der Waals surface area contributed by atoms with Gasteiger partial charge in [-0.1, -0.05) is 36.4 Å². The summed E-state index contributed by atoms with van der Waals surface area (Å²) in [5.74, 6) is 0. The second kappa shape index (κ2) is 3.95. The highest BCUT2D eigenvalue weighted by atomic mass is 15.3. The standard InChI is InChI=1S/C17H12N2/c1-2-6-14-12-16-15(11-13(14)5-1)7-3-8-17(16)19-10-4-9-18-19/h1-12H. The van der Waals surface area contributed by atoms with Crippen LogP contribution in [0.15, 0.2) is 73.1 Å². The van der Waals surface area contributed by atoms with Gasteiger partial charge >= 0.3 is 0 Å². The average molecular weight is 244 g/mol. The predicted molar refractivity (Wildman–Crippen MR) is 78.6 cm³/mol. The first kappa shape index (κ1) is 10.3. The quantitative estimate of drug-likeness (QED) is 0.459. The normalized spacial score (nSPS) is 11.2. The van der Waals surface area contributed by atoms with Crippen LogP contribution >= 0.6 is 0 Å².